The number of benzene rings is 1. The molecular weight excluding hydrogens is 160 g/mol. The van der Waals surface area contributed by atoms with Crippen molar-refractivity contribution in [3.63, 3.8) is 0 Å². The Kier molecular flexibility index (Phi) is 4.00. The van der Waals surface area contributed by atoms with Crippen molar-refractivity contribution < 1.29 is 5.11 Å². The van der Waals surface area contributed by atoms with Crippen molar-refractivity contribution in [2.24, 2.45) is 0 Å². The van der Waals surface area contributed by atoms with Crippen LogP contribution in [-0.4, -0.2) is 11.2 Å². The molecule has 0 saturated heterocycles. The maximum atomic E-state index is 9.17. The van der Waals surface area contributed by atoms with E-state index in [4.69, 9.17) is 5.11 Å². The maximum absolute atomic E-state index is 9.17. The van der Waals surface area contributed by atoms with Crippen molar-refractivity contribution >= 4 is 6.08 Å². The first-order valence-electron chi connectivity index (χ1n) is 4.35. The first-order valence-corrected chi connectivity index (χ1v) is 4.35. The van der Waals surface area contributed by atoms with Crippen molar-refractivity contribution in [3.8, 4) is 0 Å². The predicted octanol–water partition coefficient (Wildman–Crippen LogP) is 2.64. The van der Waals surface area contributed by atoms with E-state index in [1.165, 1.54) is 6.08 Å². The Morgan fingerprint density at radius 3 is 2.62 bits per heavy atom. The van der Waals surface area contributed by atoms with E-state index in [-0.39, 0.29) is 0 Å². The number of hydrogen-bond acceptors (Lipinski definition) is 1. The normalized spacial score (nSPS) is 13.0. The highest BCUT2D eigenvalue weighted by Gasteiger charge is 1.91. The van der Waals surface area contributed by atoms with Crippen molar-refractivity contribution in [2.45, 2.75) is 12.5 Å². The molecule has 13 heavy (non-hydrogen) atoms. The van der Waals surface area contributed by atoms with Gasteiger partial charge in [-0.3, -0.25) is 0 Å². The van der Waals surface area contributed by atoms with E-state index in [1.54, 1.807) is 0 Å². The number of aliphatic hydroxyl groups is 1. The molecule has 0 heterocycles. The second-order valence-corrected chi connectivity index (χ2v) is 2.85. The highest BCUT2D eigenvalue weighted by atomic mass is 16.3. The first kappa shape index (κ1) is 9.75. The SMILES string of the molecule is C=C[C@@H](O)C/C=C/c1ccccc1. The topological polar surface area (TPSA) is 20.2 Å². The summed E-state index contributed by atoms with van der Waals surface area (Å²) in [6.45, 7) is 3.50. The largest absolute Gasteiger partial charge is 0.389 e. The molecule has 1 nitrogen and oxygen atoms in total. The van der Waals surface area contributed by atoms with E-state index in [1.807, 2.05) is 42.5 Å². The van der Waals surface area contributed by atoms with Gasteiger partial charge in [0.1, 0.15) is 0 Å². The zero-order chi connectivity index (χ0) is 9.52. The van der Waals surface area contributed by atoms with Crippen LogP contribution in [0.5, 0.6) is 0 Å². The summed E-state index contributed by atoms with van der Waals surface area (Å²) in [6, 6.07) is 10.0. The highest BCUT2D eigenvalue weighted by Crippen LogP contribution is 2.03. The van der Waals surface area contributed by atoms with Gasteiger partial charge < -0.3 is 5.11 Å². The lowest BCUT2D eigenvalue weighted by Crippen LogP contribution is -1.97. The van der Waals surface area contributed by atoms with Crippen LogP contribution in [0.3, 0.4) is 0 Å². The average Bonchev–Trinajstić information content (AvgIpc) is 2.19. The summed E-state index contributed by atoms with van der Waals surface area (Å²) in [5.41, 5.74) is 1.15. The molecule has 0 aliphatic heterocycles. The Balaban J connectivity index is 2.45. The van der Waals surface area contributed by atoms with Crippen LogP contribution >= 0.6 is 0 Å². The molecule has 1 N–H and O–H groups in total. The number of rotatable bonds is 4. The van der Waals surface area contributed by atoms with E-state index in [9.17, 15) is 0 Å². The standard InChI is InChI=1S/C12H14O/c1-2-12(13)10-6-9-11-7-4-3-5-8-11/h2-9,12-13H,1,10H2/b9-6+/t12-/m1/s1. The molecule has 0 amide bonds. The van der Waals surface area contributed by atoms with Crippen molar-refractivity contribution in [2.75, 3.05) is 0 Å². The van der Waals surface area contributed by atoms with Crippen LogP contribution in [0.4, 0.5) is 0 Å². The summed E-state index contributed by atoms with van der Waals surface area (Å²) in [5, 5.41) is 9.17. The molecule has 0 saturated carbocycles. The predicted molar refractivity (Wildman–Crippen MR) is 56.3 cm³/mol. The summed E-state index contributed by atoms with van der Waals surface area (Å²) in [5.74, 6) is 0. The van der Waals surface area contributed by atoms with E-state index in [2.05, 4.69) is 6.58 Å². The van der Waals surface area contributed by atoms with Crippen molar-refractivity contribution in [3.05, 3.63) is 54.6 Å². The molecule has 0 unspecified atom stereocenters. The minimum absolute atomic E-state index is 0.431. The lowest BCUT2D eigenvalue weighted by Gasteiger charge is -1.98. The zero-order valence-corrected chi connectivity index (χ0v) is 7.56. The molecule has 1 aromatic carbocycles. The Bertz CT molecular complexity index is 274. The lowest BCUT2D eigenvalue weighted by molar-refractivity contribution is 0.227. The Labute approximate surface area is 79.0 Å². The Hall–Kier alpha value is -1.34. The minimum atomic E-state index is -0.431. The van der Waals surface area contributed by atoms with E-state index in [0.717, 1.165) is 5.56 Å². The first-order chi connectivity index (χ1) is 6.33. The molecule has 0 radical (unpaired) electrons. The van der Waals surface area contributed by atoms with Crippen molar-refractivity contribution in [1.82, 2.24) is 0 Å². The zero-order valence-electron chi connectivity index (χ0n) is 7.56. The van der Waals surface area contributed by atoms with Gasteiger partial charge >= 0.3 is 0 Å². The summed E-state index contributed by atoms with van der Waals surface area (Å²) in [4.78, 5) is 0. The van der Waals surface area contributed by atoms with Gasteiger partial charge in [0.25, 0.3) is 0 Å². The fraction of sp³-hybridized carbons (Fsp3) is 0.167. The van der Waals surface area contributed by atoms with E-state index in [0.29, 0.717) is 6.42 Å². The van der Waals surface area contributed by atoms with Crippen LogP contribution in [-0.2, 0) is 0 Å². The van der Waals surface area contributed by atoms with Crippen LogP contribution in [0.15, 0.2) is 49.1 Å². The van der Waals surface area contributed by atoms with Crippen LogP contribution in [0.25, 0.3) is 6.08 Å². The van der Waals surface area contributed by atoms with Crippen molar-refractivity contribution in [1.29, 1.82) is 0 Å². The molecule has 1 heteroatoms. The van der Waals surface area contributed by atoms with Gasteiger partial charge in [-0.2, -0.15) is 0 Å². The van der Waals surface area contributed by atoms with E-state index < -0.39 is 6.10 Å². The van der Waals surface area contributed by atoms with Crippen LogP contribution in [0.1, 0.15) is 12.0 Å². The van der Waals surface area contributed by atoms with E-state index >= 15 is 0 Å². The molecule has 1 aromatic rings. The average molecular weight is 174 g/mol. The molecule has 0 aliphatic rings. The van der Waals surface area contributed by atoms with Crippen LogP contribution in [0, 0.1) is 0 Å². The molecule has 0 aromatic heterocycles. The molecule has 0 spiro atoms. The number of aliphatic hydroxyl groups excluding tert-OH is 1. The van der Waals surface area contributed by atoms with Gasteiger partial charge in [0.2, 0.25) is 0 Å². The molecule has 0 aliphatic carbocycles. The quantitative estimate of drug-likeness (QED) is 0.696. The summed E-state index contributed by atoms with van der Waals surface area (Å²) in [6.07, 6.45) is 5.67. The molecular formula is C12H14O. The van der Waals surface area contributed by atoms with Crippen LogP contribution in [0.2, 0.25) is 0 Å². The maximum Gasteiger partial charge on any atom is 0.0752 e. The van der Waals surface area contributed by atoms with Gasteiger partial charge in [0.05, 0.1) is 6.10 Å². The summed E-state index contributed by atoms with van der Waals surface area (Å²) in [7, 11) is 0. The second kappa shape index (κ2) is 5.33. The molecule has 68 valence electrons. The third-order valence-corrected chi connectivity index (χ3v) is 1.76. The fourth-order valence-corrected chi connectivity index (χ4v) is 1.00. The third-order valence-electron chi connectivity index (χ3n) is 1.76. The second-order valence-electron chi connectivity index (χ2n) is 2.85. The molecule has 0 fully saturated rings. The monoisotopic (exact) mass is 174 g/mol. The molecule has 0 bridgehead atoms. The molecule has 1 rings (SSSR count). The fourth-order valence-electron chi connectivity index (χ4n) is 1.00. The van der Waals surface area contributed by atoms with Gasteiger partial charge in [0.15, 0.2) is 0 Å². The van der Waals surface area contributed by atoms with Gasteiger partial charge in [-0.1, -0.05) is 48.6 Å². The summed E-state index contributed by atoms with van der Waals surface area (Å²) >= 11 is 0. The van der Waals surface area contributed by atoms with Gasteiger partial charge in [0, 0.05) is 0 Å². The van der Waals surface area contributed by atoms with Gasteiger partial charge in [-0.05, 0) is 12.0 Å². The minimum Gasteiger partial charge on any atom is -0.389 e. The Morgan fingerprint density at radius 2 is 2.00 bits per heavy atom. The Morgan fingerprint density at radius 1 is 1.31 bits per heavy atom. The van der Waals surface area contributed by atoms with Crippen LogP contribution < -0.4 is 0 Å². The molecule has 1 atom stereocenters. The lowest BCUT2D eigenvalue weighted by atomic mass is 10.2. The smallest absolute Gasteiger partial charge is 0.0752 e. The number of hydrogen-bond donors (Lipinski definition) is 1. The summed E-state index contributed by atoms with van der Waals surface area (Å²) < 4.78 is 0. The third kappa shape index (κ3) is 3.72. The highest BCUT2D eigenvalue weighted by molar-refractivity contribution is 5.48. The van der Waals surface area contributed by atoms with Gasteiger partial charge in [-0.25, -0.2) is 0 Å². The van der Waals surface area contributed by atoms with Gasteiger partial charge in [-0.15, -0.1) is 6.58 Å².